The van der Waals surface area contributed by atoms with Gasteiger partial charge in [0.1, 0.15) is 12.1 Å². The van der Waals surface area contributed by atoms with E-state index in [1.54, 1.807) is 6.33 Å². The lowest BCUT2D eigenvalue weighted by molar-refractivity contribution is 0.508. The van der Waals surface area contributed by atoms with Crippen LogP contribution in [0, 0.1) is 3.57 Å². The summed E-state index contributed by atoms with van der Waals surface area (Å²) in [5.74, 6) is 0.930. The highest BCUT2D eigenvalue weighted by Gasteiger charge is 2.17. The van der Waals surface area contributed by atoms with Crippen LogP contribution in [0.3, 0.4) is 0 Å². The number of anilines is 1. The maximum Gasteiger partial charge on any atom is 0.143 e. The van der Waals surface area contributed by atoms with Gasteiger partial charge in [0.25, 0.3) is 0 Å². The molecule has 0 aliphatic rings. The minimum Gasteiger partial charge on any atom is -0.364 e. The molecule has 78 valence electrons. The normalized spacial score (nSPS) is 11.4. The van der Waals surface area contributed by atoms with E-state index in [0.717, 1.165) is 15.8 Å². The van der Waals surface area contributed by atoms with Crippen molar-refractivity contribution in [3.8, 4) is 0 Å². The fourth-order valence-electron chi connectivity index (χ4n) is 1.41. The number of rotatable bonds is 4. The van der Waals surface area contributed by atoms with E-state index in [-0.39, 0.29) is 5.54 Å². The molecule has 0 aliphatic carbocycles. The van der Waals surface area contributed by atoms with E-state index in [1.165, 1.54) is 6.42 Å². The molecule has 1 heterocycles. The molecule has 0 bridgehead atoms. The van der Waals surface area contributed by atoms with Gasteiger partial charge in [0.2, 0.25) is 0 Å². The van der Waals surface area contributed by atoms with Gasteiger partial charge in [-0.3, -0.25) is 0 Å². The molecular formula is C10H16IN3. The van der Waals surface area contributed by atoms with Gasteiger partial charge in [-0.2, -0.15) is 0 Å². The van der Waals surface area contributed by atoms with Crippen molar-refractivity contribution >= 4 is 28.4 Å². The Bertz CT molecular complexity index is 299. The van der Waals surface area contributed by atoms with Gasteiger partial charge < -0.3 is 5.32 Å². The third-order valence-corrected chi connectivity index (χ3v) is 2.79. The highest BCUT2D eigenvalue weighted by molar-refractivity contribution is 14.1. The smallest absolute Gasteiger partial charge is 0.143 e. The van der Waals surface area contributed by atoms with Crippen molar-refractivity contribution in [3.63, 3.8) is 0 Å². The molecule has 0 radical (unpaired) electrons. The van der Waals surface area contributed by atoms with Crippen molar-refractivity contribution in [2.45, 2.75) is 39.2 Å². The van der Waals surface area contributed by atoms with E-state index in [2.05, 4.69) is 58.6 Å². The summed E-state index contributed by atoms with van der Waals surface area (Å²) in [6.45, 7) is 6.57. The van der Waals surface area contributed by atoms with Crippen LogP contribution in [0.2, 0.25) is 0 Å². The molecule has 3 nitrogen and oxygen atoms in total. The summed E-state index contributed by atoms with van der Waals surface area (Å²) in [5.41, 5.74) is 0.100. The maximum absolute atomic E-state index is 4.22. The van der Waals surface area contributed by atoms with E-state index >= 15 is 0 Å². The van der Waals surface area contributed by atoms with Crippen LogP contribution in [0.1, 0.15) is 33.6 Å². The van der Waals surface area contributed by atoms with Gasteiger partial charge in [-0.05, 0) is 42.9 Å². The molecule has 1 aromatic rings. The number of nitrogens with zero attached hydrogens (tertiary/aromatic N) is 2. The van der Waals surface area contributed by atoms with Crippen molar-refractivity contribution in [1.82, 2.24) is 9.97 Å². The quantitative estimate of drug-likeness (QED) is 0.869. The monoisotopic (exact) mass is 305 g/mol. The van der Waals surface area contributed by atoms with Crippen LogP contribution in [0.25, 0.3) is 0 Å². The Morgan fingerprint density at radius 1 is 1.50 bits per heavy atom. The highest BCUT2D eigenvalue weighted by atomic mass is 127. The number of hydrogen-bond donors (Lipinski definition) is 1. The topological polar surface area (TPSA) is 37.8 Å². The second-order valence-electron chi connectivity index (χ2n) is 3.98. The molecule has 0 atom stereocenters. The molecule has 4 heteroatoms. The molecular weight excluding hydrogens is 289 g/mol. The van der Waals surface area contributed by atoms with Crippen molar-refractivity contribution in [3.05, 3.63) is 16.1 Å². The van der Waals surface area contributed by atoms with E-state index in [1.807, 2.05) is 6.20 Å². The summed E-state index contributed by atoms with van der Waals surface area (Å²) in [6, 6.07) is 0. The summed E-state index contributed by atoms with van der Waals surface area (Å²) >= 11 is 2.24. The van der Waals surface area contributed by atoms with Crippen LogP contribution in [0.4, 0.5) is 5.82 Å². The minimum absolute atomic E-state index is 0.100. The SMILES string of the molecule is CCCC(C)(C)Nc1ncncc1I. The summed E-state index contributed by atoms with van der Waals surface area (Å²) < 4.78 is 1.06. The predicted molar refractivity (Wildman–Crippen MR) is 67.4 cm³/mol. The third-order valence-electron chi connectivity index (χ3n) is 2.00. The lowest BCUT2D eigenvalue weighted by atomic mass is 9.99. The van der Waals surface area contributed by atoms with Gasteiger partial charge >= 0.3 is 0 Å². The minimum atomic E-state index is 0.100. The first-order valence-electron chi connectivity index (χ1n) is 4.79. The fourth-order valence-corrected chi connectivity index (χ4v) is 1.85. The zero-order valence-electron chi connectivity index (χ0n) is 8.84. The van der Waals surface area contributed by atoms with E-state index in [4.69, 9.17) is 0 Å². The first kappa shape index (κ1) is 11.7. The molecule has 0 saturated heterocycles. The Hall–Kier alpha value is -0.390. The van der Waals surface area contributed by atoms with Gasteiger partial charge in [0.05, 0.1) is 3.57 Å². The summed E-state index contributed by atoms with van der Waals surface area (Å²) in [6.07, 6.45) is 5.69. The molecule has 0 saturated carbocycles. The first-order chi connectivity index (χ1) is 6.55. The van der Waals surface area contributed by atoms with Crippen LogP contribution in [0.5, 0.6) is 0 Å². The Morgan fingerprint density at radius 2 is 2.21 bits per heavy atom. The second kappa shape index (κ2) is 4.91. The molecule has 0 aromatic carbocycles. The Labute approximate surface area is 98.9 Å². The van der Waals surface area contributed by atoms with Gasteiger partial charge in [0.15, 0.2) is 0 Å². The lowest BCUT2D eigenvalue weighted by Gasteiger charge is -2.26. The summed E-state index contributed by atoms with van der Waals surface area (Å²) in [4.78, 5) is 8.18. The number of nitrogens with one attached hydrogen (secondary N) is 1. The number of hydrogen-bond acceptors (Lipinski definition) is 3. The van der Waals surface area contributed by atoms with E-state index in [9.17, 15) is 0 Å². The number of halogens is 1. The average molecular weight is 305 g/mol. The maximum atomic E-state index is 4.22. The average Bonchev–Trinajstić information content (AvgIpc) is 2.08. The molecule has 0 aliphatic heterocycles. The predicted octanol–water partition coefficient (Wildman–Crippen LogP) is 3.07. The second-order valence-corrected chi connectivity index (χ2v) is 5.14. The largest absolute Gasteiger partial charge is 0.364 e. The Balaban J connectivity index is 2.73. The van der Waals surface area contributed by atoms with Gasteiger partial charge in [0, 0.05) is 11.7 Å². The lowest BCUT2D eigenvalue weighted by Crippen LogP contribution is -2.31. The molecule has 14 heavy (non-hydrogen) atoms. The Kier molecular flexibility index (Phi) is 4.10. The highest BCUT2D eigenvalue weighted by Crippen LogP contribution is 2.21. The van der Waals surface area contributed by atoms with Crippen LogP contribution in [-0.4, -0.2) is 15.5 Å². The molecule has 0 unspecified atom stereocenters. The van der Waals surface area contributed by atoms with Gasteiger partial charge in [-0.25, -0.2) is 9.97 Å². The fraction of sp³-hybridized carbons (Fsp3) is 0.600. The van der Waals surface area contributed by atoms with E-state index in [0.29, 0.717) is 0 Å². The van der Waals surface area contributed by atoms with Crippen molar-refractivity contribution < 1.29 is 0 Å². The van der Waals surface area contributed by atoms with Crippen molar-refractivity contribution in [2.75, 3.05) is 5.32 Å². The van der Waals surface area contributed by atoms with E-state index < -0.39 is 0 Å². The van der Waals surface area contributed by atoms with Crippen LogP contribution in [0.15, 0.2) is 12.5 Å². The zero-order chi connectivity index (χ0) is 10.6. The molecule has 1 aromatic heterocycles. The standard InChI is InChI=1S/C10H16IN3/c1-4-5-10(2,3)14-9-8(11)6-12-7-13-9/h6-7H,4-5H2,1-3H3,(H,12,13,14). The van der Waals surface area contributed by atoms with Crippen molar-refractivity contribution in [2.24, 2.45) is 0 Å². The first-order valence-corrected chi connectivity index (χ1v) is 5.87. The summed E-state index contributed by atoms with van der Waals surface area (Å²) in [5, 5.41) is 3.43. The van der Waals surface area contributed by atoms with Gasteiger partial charge in [-0.15, -0.1) is 0 Å². The zero-order valence-corrected chi connectivity index (χ0v) is 11.0. The molecule has 0 fully saturated rings. The number of aromatic nitrogens is 2. The van der Waals surface area contributed by atoms with Crippen LogP contribution < -0.4 is 5.32 Å². The Morgan fingerprint density at radius 3 is 2.79 bits per heavy atom. The van der Waals surface area contributed by atoms with Crippen LogP contribution >= 0.6 is 22.6 Å². The van der Waals surface area contributed by atoms with Crippen molar-refractivity contribution in [1.29, 1.82) is 0 Å². The molecule has 0 spiro atoms. The molecule has 0 amide bonds. The van der Waals surface area contributed by atoms with Gasteiger partial charge in [-0.1, -0.05) is 13.3 Å². The summed E-state index contributed by atoms with van der Waals surface area (Å²) in [7, 11) is 0. The third kappa shape index (κ3) is 3.40. The molecule has 1 rings (SSSR count). The van der Waals surface area contributed by atoms with Crippen LogP contribution in [-0.2, 0) is 0 Å². The molecule has 1 N–H and O–H groups in total.